The van der Waals surface area contributed by atoms with E-state index < -0.39 is 0 Å². The second-order valence-electron chi connectivity index (χ2n) is 5.54. The average molecular weight is 303 g/mol. The Labute approximate surface area is 137 Å². The van der Waals surface area contributed by atoms with Crippen molar-refractivity contribution in [1.29, 1.82) is 0 Å². The van der Waals surface area contributed by atoms with Gasteiger partial charge in [0.05, 0.1) is 0 Å². The number of rotatable bonds is 6. The molecule has 0 aromatic heterocycles. The van der Waals surface area contributed by atoms with Crippen molar-refractivity contribution in [2.24, 2.45) is 5.73 Å². The lowest BCUT2D eigenvalue weighted by Crippen LogP contribution is -2.02. The van der Waals surface area contributed by atoms with Gasteiger partial charge >= 0.3 is 0 Å². The molecule has 0 aliphatic heterocycles. The minimum atomic E-state index is 0.581. The van der Waals surface area contributed by atoms with Gasteiger partial charge in [0.25, 0.3) is 0 Å². The smallest absolute Gasteiger partial charge is 0.120 e. The molecule has 2 nitrogen and oxygen atoms in total. The van der Waals surface area contributed by atoms with Gasteiger partial charge in [0.2, 0.25) is 0 Å². The van der Waals surface area contributed by atoms with Crippen LogP contribution in [-0.2, 0) is 13.0 Å². The van der Waals surface area contributed by atoms with E-state index in [1.165, 1.54) is 16.7 Å². The van der Waals surface area contributed by atoms with Crippen LogP contribution in [-0.4, -0.2) is 6.54 Å². The highest BCUT2D eigenvalue weighted by Crippen LogP contribution is 2.25. The van der Waals surface area contributed by atoms with E-state index in [9.17, 15) is 0 Å². The van der Waals surface area contributed by atoms with Crippen molar-refractivity contribution in [1.82, 2.24) is 0 Å². The molecule has 3 aromatic rings. The Balaban J connectivity index is 1.75. The van der Waals surface area contributed by atoms with Gasteiger partial charge in [-0.2, -0.15) is 0 Å². The largest absolute Gasteiger partial charge is 0.489 e. The van der Waals surface area contributed by atoms with Crippen LogP contribution in [0.1, 0.15) is 11.1 Å². The summed E-state index contributed by atoms with van der Waals surface area (Å²) < 4.78 is 5.91. The first-order chi connectivity index (χ1) is 11.3. The molecule has 0 fully saturated rings. The third kappa shape index (κ3) is 4.21. The summed E-state index contributed by atoms with van der Waals surface area (Å²) in [6, 6.07) is 26.9. The third-order valence-electron chi connectivity index (χ3n) is 3.78. The Morgan fingerprint density at radius 3 is 2.17 bits per heavy atom. The molecule has 2 N–H and O–H groups in total. The van der Waals surface area contributed by atoms with Gasteiger partial charge in [0.1, 0.15) is 12.4 Å². The first kappa shape index (κ1) is 15.3. The molecular formula is C21H21NO. The zero-order valence-electron chi connectivity index (χ0n) is 13.1. The highest BCUT2D eigenvalue weighted by molar-refractivity contribution is 5.65. The molecule has 3 aromatic carbocycles. The van der Waals surface area contributed by atoms with Crippen molar-refractivity contribution in [2.75, 3.05) is 6.54 Å². The predicted octanol–water partition coefficient (Wildman–Crippen LogP) is 4.43. The lowest BCUT2D eigenvalue weighted by molar-refractivity contribution is 0.306. The zero-order chi connectivity index (χ0) is 15.9. The maximum absolute atomic E-state index is 5.91. The van der Waals surface area contributed by atoms with Crippen molar-refractivity contribution in [3.8, 4) is 16.9 Å². The number of nitrogens with two attached hydrogens (primary N) is 1. The molecule has 0 aliphatic rings. The molecule has 0 amide bonds. The Kier molecular flexibility index (Phi) is 5.07. The Hall–Kier alpha value is -2.58. The molecule has 0 heterocycles. The van der Waals surface area contributed by atoms with Gasteiger partial charge in [-0.05, 0) is 47.4 Å². The molecule has 116 valence electrons. The average Bonchev–Trinajstić information content (AvgIpc) is 2.62. The SMILES string of the molecule is NCCc1cccc(-c2cccc(OCc3ccccc3)c2)c1. The minimum Gasteiger partial charge on any atom is -0.489 e. The normalized spacial score (nSPS) is 10.5. The van der Waals surface area contributed by atoms with Crippen LogP contribution in [0.3, 0.4) is 0 Å². The van der Waals surface area contributed by atoms with Gasteiger partial charge < -0.3 is 10.5 Å². The van der Waals surface area contributed by atoms with E-state index in [2.05, 4.69) is 48.5 Å². The second kappa shape index (κ2) is 7.61. The summed E-state index contributed by atoms with van der Waals surface area (Å²) in [4.78, 5) is 0. The molecule has 0 radical (unpaired) electrons. The Bertz CT molecular complexity index is 753. The number of ether oxygens (including phenoxy) is 1. The van der Waals surface area contributed by atoms with Crippen molar-refractivity contribution in [3.05, 3.63) is 90.0 Å². The summed E-state index contributed by atoms with van der Waals surface area (Å²) in [6.07, 6.45) is 0.901. The summed E-state index contributed by atoms with van der Waals surface area (Å²) in [6.45, 7) is 1.25. The Morgan fingerprint density at radius 2 is 1.39 bits per heavy atom. The summed E-state index contributed by atoms with van der Waals surface area (Å²) in [5.41, 5.74) is 10.4. The molecule has 0 atom stereocenters. The third-order valence-corrected chi connectivity index (χ3v) is 3.78. The lowest BCUT2D eigenvalue weighted by atomic mass is 10.0. The highest BCUT2D eigenvalue weighted by Gasteiger charge is 2.02. The molecule has 2 heteroatoms. The van der Waals surface area contributed by atoms with Crippen LogP contribution in [0.25, 0.3) is 11.1 Å². The van der Waals surface area contributed by atoms with Crippen LogP contribution >= 0.6 is 0 Å². The van der Waals surface area contributed by atoms with Crippen LogP contribution in [0.5, 0.6) is 5.75 Å². The molecule has 23 heavy (non-hydrogen) atoms. The van der Waals surface area contributed by atoms with Crippen molar-refractivity contribution < 1.29 is 4.74 Å². The van der Waals surface area contributed by atoms with Gasteiger partial charge in [-0.15, -0.1) is 0 Å². The minimum absolute atomic E-state index is 0.581. The van der Waals surface area contributed by atoms with Crippen LogP contribution in [0.2, 0.25) is 0 Å². The number of benzene rings is 3. The number of hydrogen-bond donors (Lipinski definition) is 1. The molecule has 0 saturated heterocycles. The van der Waals surface area contributed by atoms with E-state index in [0.717, 1.165) is 17.7 Å². The van der Waals surface area contributed by atoms with Gasteiger partial charge in [0, 0.05) is 0 Å². The molecule has 0 aliphatic carbocycles. The molecule has 0 bridgehead atoms. The quantitative estimate of drug-likeness (QED) is 0.731. The van der Waals surface area contributed by atoms with Crippen molar-refractivity contribution in [3.63, 3.8) is 0 Å². The van der Waals surface area contributed by atoms with Gasteiger partial charge in [0.15, 0.2) is 0 Å². The van der Waals surface area contributed by atoms with E-state index in [1.54, 1.807) is 0 Å². The fourth-order valence-electron chi connectivity index (χ4n) is 2.58. The van der Waals surface area contributed by atoms with E-state index >= 15 is 0 Å². The van der Waals surface area contributed by atoms with Crippen molar-refractivity contribution in [2.45, 2.75) is 13.0 Å². The summed E-state index contributed by atoms with van der Waals surface area (Å²) in [5.74, 6) is 0.885. The van der Waals surface area contributed by atoms with Crippen molar-refractivity contribution >= 4 is 0 Å². The summed E-state index contributed by atoms with van der Waals surface area (Å²) >= 11 is 0. The number of hydrogen-bond acceptors (Lipinski definition) is 2. The molecule has 0 unspecified atom stereocenters. The summed E-state index contributed by atoms with van der Waals surface area (Å²) in [5, 5.41) is 0. The van der Waals surface area contributed by atoms with E-state index in [-0.39, 0.29) is 0 Å². The topological polar surface area (TPSA) is 35.2 Å². The lowest BCUT2D eigenvalue weighted by Gasteiger charge is -2.09. The maximum atomic E-state index is 5.91. The predicted molar refractivity (Wildman–Crippen MR) is 95.4 cm³/mol. The highest BCUT2D eigenvalue weighted by atomic mass is 16.5. The first-order valence-electron chi connectivity index (χ1n) is 7.91. The van der Waals surface area contributed by atoms with Crippen LogP contribution < -0.4 is 10.5 Å². The first-order valence-corrected chi connectivity index (χ1v) is 7.91. The summed E-state index contributed by atoms with van der Waals surface area (Å²) in [7, 11) is 0. The monoisotopic (exact) mass is 303 g/mol. The fraction of sp³-hybridized carbons (Fsp3) is 0.143. The second-order valence-corrected chi connectivity index (χ2v) is 5.54. The van der Waals surface area contributed by atoms with Crippen LogP contribution in [0.15, 0.2) is 78.9 Å². The van der Waals surface area contributed by atoms with Crippen LogP contribution in [0.4, 0.5) is 0 Å². The standard InChI is InChI=1S/C21H21NO/c22-13-12-17-8-4-9-19(14-17)20-10-5-11-21(15-20)23-16-18-6-2-1-3-7-18/h1-11,14-15H,12-13,16,22H2. The molecule has 0 saturated carbocycles. The van der Waals surface area contributed by atoms with Crippen LogP contribution in [0, 0.1) is 0 Å². The van der Waals surface area contributed by atoms with Gasteiger partial charge in [-0.25, -0.2) is 0 Å². The van der Waals surface area contributed by atoms with E-state index in [1.807, 2.05) is 30.3 Å². The zero-order valence-corrected chi connectivity index (χ0v) is 13.1. The molecule has 3 rings (SSSR count). The molecular weight excluding hydrogens is 282 g/mol. The van der Waals surface area contributed by atoms with E-state index in [0.29, 0.717) is 13.2 Å². The van der Waals surface area contributed by atoms with Gasteiger partial charge in [-0.1, -0.05) is 66.7 Å². The van der Waals surface area contributed by atoms with E-state index in [4.69, 9.17) is 10.5 Å². The Morgan fingerprint density at radius 1 is 0.696 bits per heavy atom. The fourth-order valence-corrected chi connectivity index (χ4v) is 2.58. The van der Waals surface area contributed by atoms with Gasteiger partial charge in [-0.3, -0.25) is 0 Å². The maximum Gasteiger partial charge on any atom is 0.120 e. The molecule has 0 spiro atoms.